The Hall–Kier alpha value is -1.67. The van der Waals surface area contributed by atoms with Gasteiger partial charge < -0.3 is 20.9 Å². The highest BCUT2D eigenvalue weighted by Gasteiger charge is 2.22. The van der Waals surface area contributed by atoms with Crippen LogP contribution in [0.3, 0.4) is 0 Å². The number of hydrogen-bond acceptors (Lipinski definition) is 6. The third-order valence-corrected chi connectivity index (χ3v) is 3.78. The molecule has 2 amide bonds. The van der Waals surface area contributed by atoms with Crippen molar-refractivity contribution in [3.8, 4) is 0 Å². The molecule has 2 rings (SSSR count). The van der Waals surface area contributed by atoms with Crippen molar-refractivity contribution in [3.05, 3.63) is 11.6 Å². The molecule has 0 spiro atoms. The molecule has 0 unspecified atom stereocenters. The molecule has 19 heavy (non-hydrogen) atoms. The Kier molecular flexibility index (Phi) is 4.69. The van der Waals surface area contributed by atoms with Crippen LogP contribution in [0, 0.1) is 0 Å². The van der Waals surface area contributed by atoms with E-state index >= 15 is 0 Å². The molecule has 0 atom stereocenters. The van der Waals surface area contributed by atoms with E-state index < -0.39 is 0 Å². The van der Waals surface area contributed by atoms with Crippen LogP contribution < -0.4 is 16.0 Å². The van der Waals surface area contributed by atoms with Crippen molar-refractivity contribution in [2.75, 3.05) is 44.2 Å². The number of nitrogens with two attached hydrogens (primary N) is 1. The molecule has 1 aromatic rings. The summed E-state index contributed by atoms with van der Waals surface area (Å²) in [4.78, 5) is 31.0. The van der Waals surface area contributed by atoms with Crippen LogP contribution in [0.2, 0.25) is 0 Å². The van der Waals surface area contributed by atoms with E-state index in [0.717, 1.165) is 18.2 Å². The maximum Gasteiger partial charge on any atom is 0.242 e. The number of anilines is 1. The first-order valence-corrected chi connectivity index (χ1v) is 6.97. The van der Waals surface area contributed by atoms with Gasteiger partial charge in [0.2, 0.25) is 11.8 Å². The Balaban J connectivity index is 1.76. The number of carbonyl (C=O) groups excluding carboxylic acids is 2. The molecular weight excluding hydrogens is 266 g/mol. The molecule has 8 heteroatoms. The average Bonchev–Trinajstić information content (AvgIpc) is 2.98. The predicted molar refractivity (Wildman–Crippen MR) is 73.0 cm³/mol. The zero-order chi connectivity index (χ0) is 13.7. The Morgan fingerprint density at radius 3 is 2.68 bits per heavy atom. The normalized spacial score (nSPS) is 15.4. The summed E-state index contributed by atoms with van der Waals surface area (Å²) in [6, 6.07) is 0. The molecule has 1 aliphatic rings. The van der Waals surface area contributed by atoms with Crippen molar-refractivity contribution >= 4 is 28.3 Å². The maximum absolute atomic E-state index is 11.9. The van der Waals surface area contributed by atoms with Crippen LogP contribution in [0.4, 0.5) is 5.13 Å². The monoisotopic (exact) mass is 283 g/mol. The van der Waals surface area contributed by atoms with Crippen molar-refractivity contribution in [3.63, 3.8) is 0 Å². The van der Waals surface area contributed by atoms with Gasteiger partial charge in [0.25, 0.3) is 0 Å². The Labute approximate surface area is 115 Å². The summed E-state index contributed by atoms with van der Waals surface area (Å²) in [5.41, 5.74) is 5.16. The number of thiazole rings is 1. The van der Waals surface area contributed by atoms with E-state index in [2.05, 4.69) is 15.2 Å². The zero-order valence-corrected chi connectivity index (χ0v) is 11.4. The lowest BCUT2D eigenvalue weighted by molar-refractivity contribution is -0.132. The highest BCUT2D eigenvalue weighted by atomic mass is 32.1. The highest BCUT2D eigenvalue weighted by molar-refractivity contribution is 7.13. The van der Waals surface area contributed by atoms with Crippen LogP contribution in [0.1, 0.15) is 0 Å². The van der Waals surface area contributed by atoms with E-state index in [4.69, 9.17) is 5.73 Å². The molecular formula is C11H17N5O2S. The quantitative estimate of drug-likeness (QED) is 0.729. The molecule has 104 valence electrons. The fourth-order valence-electron chi connectivity index (χ4n) is 1.88. The van der Waals surface area contributed by atoms with Gasteiger partial charge in [-0.05, 0) is 0 Å². The van der Waals surface area contributed by atoms with Gasteiger partial charge in [-0.15, -0.1) is 11.3 Å². The SMILES string of the molecule is NCC(=O)NCC(=O)N1CCN(c2nccs2)CC1. The first-order chi connectivity index (χ1) is 9.20. The maximum atomic E-state index is 11.9. The molecule has 7 nitrogen and oxygen atoms in total. The second-order valence-electron chi connectivity index (χ2n) is 4.16. The van der Waals surface area contributed by atoms with Crippen molar-refractivity contribution < 1.29 is 9.59 Å². The van der Waals surface area contributed by atoms with Gasteiger partial charge in [0.1, 0.15) is 0 Å². The van der Waals surface area contributed by atoms with Gasteiger partial charge in [-0.25, -0.2) is 4.98 Å². The molecule has 1 aromatic heterocycles. The number of nitrogens with zero attached hydrogens (tertiary/aromatic N) is 3. The highest BCUT2D eigenvalue weighted by Crippen LogP contribution is 2.18. The summed E-state index contributed by atoms with van der Waals surface area (Å²) in [5, 5.41) is 5.42. The second kappa shape index (κ2) is 6.48. The van der Waals surface area contributed by atoms with Gasteiger partial charge in [-0.2, -0.15) is 0 Å². The van der Waals surface area contributed by atoms with E-state index in [-0.39, 0.29) is 24.9 Å². The van der Waals surface area contributed by atoms with Crippen LogP contribution in [0.5, 0.6) is 0 Å². The van der Waals surface area contributed by atoms with E-state index in [0.29, 0.717) is 13.1 Å². The molecule has 0 radical (unpaired) electrons. The van der Waals surface area contributed by atoms with Crippen molar-refractivity contribution in [2.24, 2.45) is 5.73 Å². The largest absolute Gasteiger partial charge is 0.346 e. The lowest BCUT2D eigenvalue weighted by Gasteiger charge is -2.34. The standard InChI is InChI=1S/C11H17N5O2S/c12-7-9(17)14-8-10(18)15-2-4-16(5-3-15)11-13-1-6-19-11/h1,6H,2-5,7-8,12H2,(H,14,17). The van der Waals surface area contributed by atoms with Crippen molar-refractivity contribution in [1.82, 2.24) is 15.2 Å². The van der Waals surface area contributed by atoms with Crippen LogP contribution >= 0.6 is 11.3 Å². The first-order valence-electron chi connectivity index (χ1n) is 6.09. The fourth-order valence-corrected chi connectivity index (χ4v) is 2.57. The molecule has 1 aliphatic heterocycles. The van der Waals surface area contributed by atoms with Gasteiger partial charge in [-0.1, -0.05) is 0 Å². The van der Waals surface area contributed by atoms with Crippen LogP contribution in [0.15, 0.2) is 11.6 Å². The van der Waals surface area contributed by atoms with E-state index in [1.54, 1.807) is 22.4 Å². The molecule has 0 aromatic carbocycles. The fraction of sp³-hybridized carbons (Fsp3) is 0.545. The Morgan fingerprint density at radius 2 is 2.11 bits per heavy atom. The predicted octanol–water partition coefficient (Wildman–Crippen LogP) is -1.13. The van der Waals surface area contributed by atoms with Gasteiger partial charge in [0.05, 0.1) is 13.1 Å². The summed E-state index contributed by atoms with van der Waals surface area (Å²) in [5.74, 6) is -0.379. The molecule has 0 bridgehead atoms. The lowest BCUT2D eigenvalue weighted by Crippen LogP contribution is -2.51. The lowest BCUT2D eigenvalue weighted by atomic mass is 10.3. The minimum Gasteiger partial charge on any atom is -0.346 e. The van der Waals surface area contributed by atoms with Gasteiger partial charge in [0.15, 0.2) is 5.13 Å². The average molecular weight is 283 g/mol. The summed E-state index contributed by atoms with van der Waals surface area (Å²) < 4.78 is 0. The number of aromatic nitrogens is 1. The Morgan fingerprint density at radius 1 is 1.37 bits per heavy atom. The summed E-state index contributed by atoms with van der Waals surface area (Å²) >= 11 is 1.60. The van der Waals surface area contributed by atoms with Gasteiger partial charge in [-0.3, -0.25) is 9.59 Å². The van der Waals surface area contributed by atoms with Gasteiger partial charge in [0, 0.05) is 37.8 Å². The third-order valence-electron chi connectivity index (χ3n) is 2.94. The van der Waals surface area contributed by atoms with Gasteiger partial charge >= 0.3 is 0 Å². The Bertz CT molecular complexity index is 428. The van der Waals surface area contributed by atoms with Crippen molar-refractivity contribution in [2.45, 2.75) is 0 Å². The topological polar surface area (TPSA) is 91.6 Å². The zero-order valence-electron chi connectivity index (χ0n) is 10.5. The van der Waals surface area contributed by atoms with Crippen molar-refractivity contribution in [1.29, 1.82) is 0 Å². The first kappa shape index (κ1) is 13.8. The third kappa shape index (κ3) is 3.65. The van der Waals surface area contributed by atoms with E-state index in [1.165, 1.54) is 0 Å². The second-order valence-corrected chi connectivity index (χ2v) is 5.04. The molecule has 3 N–H and O–H groups in total. The van der Waals surface area contributed by atoms with Crippen LogP contribution in [-0.2, 0) is 9.59 Å². The van der Waals surface area contributed by atoms with Crippen LogP contribution in [-0.4, -0.2) is 61.0 Å². The summed E-state index contributed by atoms with van der Waals surface area (Å²) in [6.07, 6.45) is 1.78. The molecule has 2 heterocycles. The van der Waals surface area contributed by atoms with E-state index in [1.807, 2.05) is 5.38 Å². The number of nitrogens with one attached hydrogen (secondary N) is 1. The minimum atomic E-state index is -0.310. The molecule has 0 saturated carbocycles. The minimum absolute atomic E-state index is 0.0211. The molecule has 0 aliphatic carbocycles. The van der Waals surface area contributed by atoms with Crippen LogP contribution in [0.25, 0.3) is 0 Å². The summed E-state index contributed by atoms with van der Waals surface area (Å²) in [7, 11) is 0. The number of piperazine rings is 1. The van der Waals surface area contributed by atoms with E-state index in [9.17, 15) is 9.59 Å². The number of amides is 2. The summed E-state index contributed by atoms with van der Waals surface area (Å²) in [6.45, 7) is 2.76. The smallest absolute Gasteiger partial charge is 0.242 e. The number of carbonyl (C=O) groups is 2. The molecule has 1 saturated heterocycles. The molecule has 1 fully saturated rings. The number of hydrogen-bond donors (Lipinski definition) is 2. The number of rotatable bonds is 4.